The van der Waals surface area contributed by atoms with Crippen molar-refractivity contribution in [2.24, 2.45) is 0 Å². The summed E-state index contributed by atoms with van der Waals surface area (Å²) in [7, 11) is -4.07. The monoisotopic (exact) mass is 971 g/mol. The van der Waals surface area contributed by atoms with E-state index < -0.39 is 25.2 Å². The van der Waals surface area contributed by atoms with E-state index in [0.717, 1.165) is 6.04 Å². The summed E-state index contributed by atoms with van der Waals surface area (Å²) in [5, 5.41) is 0. The summed E-state index contributed by atoms with van der Waals surface area (Å²) in [5.74, 6) is 0. The summed E-state index contributed by atoms with van der Waals surface area (Å²) in [6.07, 6.45) is 0. The van der Waals surface area contributed by atoms with Crippen LogP contribution in [-0.4, -0.2) is 244 Å². The zero-order valence-corrected chi connectivity index (χ0v) is 43.6. The van der Waals surface area contributed by atoms with Gasteiger partial charge in [0.25, 0.3) is 0 Å². The minimum atomic E-state index is -2.26. The molecule has 0 aliphatic heterocycles. The van der Waals surface area contributed by atoms with Crippen molar-refractivity contribution in [2.45, 2.75) is 51.9 Å². The van der Waals surface area contributed by atoms with E-state index in [4.69, 9.17) is 88.8 Å². The molecule has 22 heteroatoms. The van der Waals surface area contributed by atoms with Gasteiger partial charge in [-0.05, 0) is 45.8 Å². The van der Waals surface area contributed by atoms with Crippen LogP contribution in [0.25, 0.3) is 0 Å². The molecule has 0 aromatic rings. The largest absolute Gasteiger partial charge is 0.437 e. The lowest BCUT2D eigenvalue weighted by atomic mass is 10.6. The van der Waals surface area contributed by atoms with E-state index in [1.165, 1.54) is 0 Å². The smallest absolute Gasteiger partial charge is 0.316 e. The zero-order chi connectivity index (χ0) is 46.3. The number of hydrogen-bond donors (Lipinski definition) is 0. The third-order valence-electron chi connectivity index (χ3n) is 7.53. The Hall–Kier alpha value is -0.109. The van der Waals surface area contributed by atoms with E-state index in [-0.39, 0.29) is 6.79 Å². The quantitative estimate of drug-likeness (QED) is 0.0491. The molecule has 0 amide bonds. The fraction of sp³-hybridized carbons (Fsp3) is 1.00. The third-order valence-corrected chi connectivity index (χ3v) is 17.0. The Balaban J connectivity index is 3.21. The molecule has 0 fully saturated rings. The molecular formula is C41H90O19Si3. The van der Waals surface area contributed by atoms with Gasteiger partial charge in [-0.1, -0.05) is 0 Å². The molecule has 0 aromatic carbocycles. The molecule has 0 atom stereocenters. The Labute approximate surface area is 383 Å². The molecule has 19 nitrogen and oxygen atoms in total. The summed E-state index contributed by atoms with van der Waals surface area (Å²) in [5.41, 5.74) is 0. The SMILES string of the molecule is COCOCCOCCOCCOCCOCCOCCOCCOCCOCCOCCOCCOCCOCCOCCOCCOCC[Si](C)(O[Si](C)(C)C)O[Si](C)(C)C. The molecule has 0 N–H and O–H groups in total. The molecule has 0 spiro atoms. The van der Waals surface area contributed by atoms with E-state index in [0.29, 0.717) is 205 Å². The van der Waals surface area contributed by atoms with Crippen LogP contribution in [0.1, 0.15) is 0 Å². The van der Waals surface area contributed by atoms with Crippen LogP contribution in [0.4, 0.5) is 0 Å². The minimum Gasteiger partial charge on any atom is -0.437 e. The summed E-state index contributed by atoms with van der Waals surface area (Å²) >= 11 is 0. The highest BCUT2D eigenvalue weighted by Gasteiger charge is 2.40. The van der Waals surface area contributed by atoms with Crippen molar-refractivity contribution < 1.29 is 88.8 Å². The first-order valence-corrected chi connectivity index (χ1v) is 31.9. The van der Waals surface area contributed by atoms with Crippen molar-refractivity contribution in [1.82, 2.24) is 0 Å². The van der Waals surface area contributed by atoms with E-state index in [2.05, 4.69) is 45.8 Å². The maximum Gasteiger partial charge on any atom is 0.316 e. The Kier molecular flexibility index (Phi) is 46.9. The van der Waals surface area contributed by atoms with Crippen molar-refractivity contribution in [2.75, 3.05) is 219 Å². The van der Waals surface area contributed by atoms with Gasteiger partial charge in [0.2, 0.25) is 0 Å². The van der Waals surface area contributed by atoms with Gasteiger partial charge in [0, 0.05) is 19.8 Å². The van der Waals surface area contributed by atoms with Crippen LogP contribution in [-0.2, 0) is 88.8 Å². The van der Waals surface area contributed by atoms with E-state index in [9.17, 15) is 0 Å². The molecule has 380 valence electrons. The maximum absolute atomic E-state index is 6.51. The predicted octanol–water partition coefficient (Wildman–Crippen LogP) is 3.63. The van der Waals surface area contributed by atoms with Gasteiger partial charge in [0.15, 0.2) is 16.6 Å². The van der Waals surface area contributed by atoms with Gasteiger partial charge in [-0.3, -0.25) is 0 Å². The lowest BCUT2D eigenvalue weighted by Gasteiger charge is -2.38. The molecule has 0 saturated carbocycles. The van der Waals surface area contributed by atoms with Crippen molar-refractivity contribution in [3.8, 4) is 0 Å². The molecule has 0 aliphatic carbocycles. The zero-order valence-electron chi connectivity index (χ0n) is 40.6. The second-order valence-corrected chi connectivity index (χ2v) is 28.7. The first-order valence-electron chi connectivity index (χ1n) is 22.6. The van der Waals surface area contributed by atoms with E-state index >= 15 is 0 Å². The van der Waals surface area contributed by atoms with Crippen LogP contribution in [0.15, 0.2) is 0 Å². The lowest BCUT2D eigenvalue weighted by molar-refractivity contribution is -0.0573. The summed E-state index contributed by atoms with van der Waals surface area (Å²) in [6, 6.07) is 0.829. The first kappa shape index (κ1) is 62.9. The summed E-state index contributed by atoms with van der Waals surface area (Å²) in [6.45, 7) is 31.5. The maximum atomic E-state index is 6.51. The number of ether oxygens (including phenoxy) is 17. The van der Waals surface area contributed by atoms with E-state index in [1.54, 1.807) is 7.11 Å². The van der Waals surface area contributed by atoms with E-state index in [1.807, 2.05) is 0 Å². The first-order chi connectivity index (χ1) is 30.5. The Bertz CT molecular complexity index is 893. The second kappa shape index (κ2) is 47.0. The van der Waals surface area contributed by atoms with Gasteiger partial charge in [0.1, 0.15) is 6.79 Å². The Morgan fingerprint density at radius 2 is 0.381 bits per heavy atom. The average molecular weight is 971 g/mol. The van der Waals surface area contributed by atoms with Gasteiger partial charge >= 0.3 is 8.56 Å². The van der Waals surface area contributed by atoms with Crippen molar-refractivity contribution in [1.29, 1.82) is 0 Å². The molecule has 0 rings (SSSR count). The molecule has 63 heavy (non-hydrogen) atoms. The normalized spacial score (nSPS) is 12.6. The van der Waals surface area contributed by atoms with Crippen molar-refractivity contribution in [3.05, 3.63) is 0 Å². The van der Waals surface area contributed by atoms with Gasteiger partial charge < -0.3 is 88.8 Å². The highest BCUT2D eigenvalue weighted by molar-refractivity contribution is 6.87. The van der Waals surface area contributed by atoms with Crippen LogP contribution in [0.3, 0.4) is 0 Å². The second-order valence-electron chi connectivity index (χ2n) is 15.8. The van der Waals surface area contributed by atoms with Crippen LogP contribution < -0.4 is 0 Å². The molecule has 0 aromatic heterocycles. The molecule has 0 bridgehead atoms. The Morgan fingerprint density at radius 1 is 0.222 bits per heavy atom. The molecule has 0 aliphatic rings. The lowest BCUT2D eigenvalue weighted by Crippen LogP contribution is -2.53. The minimum absolute atomic E-state index is 0.275. The average Bonchev–Trinajstić information content (AvgIpc) is 3.21. The van der Waals surface area contributed by atoms with Crippen LogP contribution in [0.2, 0.25) is 51.9 Å². The fourth-order valence-corrected chi connectivity index (χ4v) is 17.4. The van der Waals surface area contributed by atoms with Gasteiger partial charge in [-0.2, -0.15) is 0 Å². The number of methoxy groups -OCH3 is 1. The van der Waals surface area contributed by atoms with Crippen LogP contribution >= 0.6 is 0 Å². The highest BCUT2D eigenvalue weighted by atomic mass is 28.5. The van der Waals surface area contributed by atoms with Gasteiger partial charge in [-0.25, -0.2) is 0 Å². The number of rotatable bonds is 54. The van der Waals surface area contributed by atoms with Crippen molar-refractivity contribution in [3.63, 3.8) is 0 Å². The van der Waals surface area contributed by atoms with Crippen molar-refractivity contribution >= 4 is 25.2 Å². The third kappa shape index (κ3) is 54.4. The molecule has 0 heterocycles. The topological polar surface area (TPSA) is 175 Å². The summed E-state index contributed by atoms with van der Waals surface area (Å²) < 4.78 is 106. The predicted molar refractivity (Wildman–Crippen MR) is 245 cm³/mol. The Morgan fingerprint density at radius 3 is 0.540 bits per heavy atom. The molecule has 0 radical (unpaired) electrons. The van der Waals surface area contributed by atoms with Crippen LogP contribution in [0.5, 0.6) is 0 Å². The number of hydrogen-bond acceptors (Lipinski definition) is 19. The molecule has 0 unspecified atom stereocenters. The fourth-order valence-electron chi connectivity index (χ4n) is 5.12. The van der Waals surface area contributed by atoms with Gasteiger partial charge in [0.05, 0.1) is 198 Å². The standard InChI is InChI=1S/C41H90O19Si3/c1-42-41-58-38-37-56-34-33-54-30-29-52-26-25-50-22-21-48-18-17-46-14-13-44-10-9-43-11-12-45-15-16-47-19-20-49-23-24-51-27-28-53-31-32-55-35-36-57-39-40-63(8,59-61(2,3)4)60-62(5,6)7/h9-41H2,1-8H3. The molecule has 0 saturated heterocycles. The van der Waals surface area contributed by atoms with Gasteiger partial charge in [-0.15, -0.1) is 0 Å². The highest BCUT2D eigenvalue weighted by Crippen LogP contribution is 2.24. The summed E-state index contributed by atoms with van der Waals surface area (Å²) in [4.78, 5) is 0. The van der Waals surface area contributed by atoms with Crippen LogP contribution in [0, 0.1) is 0 Å². The molecular weight excluding hydrogens is 881 g/mol.